The third-order valence-electron chi connectivity index (χ3n) is 6.94. The maximum Gasteiger partial charge on any atom is 0.309 e. The number of carbonyl (C=O) groups excluding carboxylic acids is 2. The number of hydrogen-bond donors (Lipinski definition) is 3. The summed E-state index contributed by atoms with van der Waals surface area (Å²) < 4.78 is 5.18. The first kappa shape index (κ1) is 24.6. The molecule has 190 valence electrons. The topological polar surface area (TPSA) is 96.7 Å². The van der Waals surface area contributed by atoms with Crippen LogP contribution in [-0.2, 0) is 20.9 Å². The molecule has 0 spiro atoms. The van der Waals surface area contributed by atoms with Crippen molar-refractivity contribution in [3.05, 3.63) is 89.5 Å². The summed E-state index contributed by atoms with van der Waals surface area (Å²) in [7, 11) is 0. The van der Waals surface area contributed by atoms with Gasteiger partial charge in [-0.25, -0.2) is 0 Å². The highest BCUT2D eigenvalue weighted by atomic mass is 16.5. The quantitative estimate of drug-likeness (QED) is 0.243. The van der Waals surface area contributed by atoms with Gasteiger partial charge in [0.2, 0.25) is 0 Å². The van der Waals surface area contributed by atoms with E-state index in [1.165, 1.54) is 5.56 Å². The zero-order chi connectivity index (χ0) is 25.8. The number of nitrogens with zero attached hydrogens (tertiary/aromatic N) is 1. The highest BCUT2D eigenvalue weighted by Crippen LogP contribution is 2.38. The Morgan fingerprint density at radius 3 is 2.49 bits per heavy atom. The van der Waals surface area contributed by atoms with Crippen LogP contribution in [0.5, 0.6) is 0 Å². The van der Waals surface area contributed by atoms with Crippen molar-refractivity contribution in [3.63, 3.8) is 0 Å². The average Bonchev–Trinajstić information content (AvgIpc) is 3.24. The van der Waals surface area contributed by atoms with Crippen LogP contribution in [-0.4, -0.2) is 36.5 Å². The fraction of sp³-hybridized carbons (Fsp3) is 0.267. The van der Waals surface area contributed by atoms with Gasteiger partial charge in [-0.3, -0.25) is 14.5 Å². The molecule has 1 amide bonds. The lowest BCUT2D eigenvalue weighted by atomic mass is 9.96. The zero-order valence-electron chi connectivity index (χ0n) is 21.0. The molecule has 3 aromatic rings. The maximum absolute atomic E-state index is 13.0. The molecular formula is C30H32N4O3. The van der Waals surface area contributed by atoms with Gasteiger partial charge in [0, 0.05) is 29.2 Å². The van der Waals surface area contributed by atoms with E-state index >= 15 is 0 Å². The number of esters is 1. The van der Waals surface area contributed by atoms with Crippen LogP contribution in [0.2, 0.25) is 0 Å². The molecule has 0 atom stereocenters. The Bertz CT molecular complexity index is 1310. The van der Waals surface area contributed by atoms with Crippen molar-refractivity contribution in [3.8, 4) is 0 Å². The molecule has 2 heterocycles. The van der Waals surface area contributed by atoms with E-state index in [1.54, 1.807) is 6.07 Å². The van der Waals surface area contributed by atoms with E-state index in [4.69, 9.17) is 10.5 Å². The summed E-state index contributed by atoms with van der Waals surface area (Å²) in [6, 6.07) is 23.6. The van der Waals surface area contributed by atoms with E-state index in [0.29, 0.717) is 17.9 Å². The molecule has 4 N–H and O–H groups in total. The van der Waals surface area contributed by atoms with E-state index in [9.17, 15) is 9.59 Å². The lowest BCUT2D eigenvalue weighted by molar-refractivity contribution is -0.149. The summed E-state index contributed by atoms with van der Waals surface area (Å²) in [6.45, 7) is 4.88. The number of rotatable bonds is 7. The van der Waals surface area contributed by atoms with Crippen molar-refractivity contribution in [1.82, 2.24) is 4.90 Å². The molecule has 0 aromatic heterocycles. The molecule has 7 nitrogen and oxygen atoms in total. The van der Waals surface area contributed by atoms with Crippen LogP contribution < -0.4 is 16.4 Å². The molecular weight excluding hydrogens is 464 g/mol. The molecule has 0 unspecified atom stereocenters. The lowest BCUT2D eigenvalue weighted by Crippen LogP contribution is -2.36. The van der Waals surface area contributed by atoms with Crippen LogP contribution >= 0.6 is 0 Å². The van der Waals surface area contributed by atoms with Gasteiger partial charge in [0.1, 0.15) is 0 Å². The molecule has 0 radical (unpaired) electrons. The van der Waals surface area contributed by atoms with Crippen LogP contribution in [0.25, 0.3) is 11.3 Å². The number of nitrogens with two attached hydrogens (primary N) is 1. The first-order valence-corrected chi connectivity index (χ1v) is 12.8. The van der Waals surface area contributed by atoms with Crippen molar-refractivity contribution < 1.29 is 14.3 Å². The number of carbonyl (C=O) groups is 2. The first-order valence-electron chi connectivity index (χ1n) is 12.8. The Morgan fingerprint density at radius 1 is 1.05 bits per heavy atom. The van der Waals surface area contributed by atoms with Gasteiger partial charge in [-0.1, -0.05) is 42.5 Å². The maximum atomic E-state index is 13.0. The van der Waals surface area contributed by atoms with Crippen molar-refractivity contribution in [2.24, 2.45) is 5.92 Å². The molecule has 37 heavy (non-hydrogen) atoms. The van der Waals surface area contributed by atoms with Crippen LogP contribution in [0.1, 0.15) is 36.5 Å². The molecule has 7 heteroatoms. The van der Waals surface area contributed by atoms with Crippen molar-refractivity contribution in [2.75, 3.05) is 36.1 Å². The smallest absolute Gasteiger partial charge is 0.309 e. The number of fused-ring (bicyclic) bond motifs is 1. The fourth-order valence-electron chi connectivity index (χ4n) is 5.00. The molecule has 3 aromatic carbocycles. The number of anilines is 3. The number of likely N-dealkylation sites (tertiary alicyclic amines) is 1. The van der Waals surface area contributed by atoms with Gasteiger partial charge < -0.3 is 21.1 Å². The van der Waals surface area contributed by atoms with Gasteiger partial charge >= 0.3 is 5.97 Å². The zero-order valence-corrected chi connectivity index (χ0v) is 21.0. The van der Waals surface area contributed by atoms with Crippen LogP contribution in [0.4, 0.5) is 17.1 Å². The Balaban J connectivity index is 1.33. The average molecular weight is 497 g/mol. The summed E-state index contributed by atoms with van der Waals surface area (Å²) in [5.74, 6) is -0.211. The molecule has 0 aliphatic carbocycles. The monoisotopic (exact) mass is 496 g/mol. The number of ether oxygens (including phenoxy) is 1. The number of amides is 1. The second kappa shape index (κ2) is 10.9. The summed E-state index contributed by atoms with van der Waals surface area (Å²) in [4.78, 5) is 27.4. The summed E-state index contributed by atoms with van der Waals surface area (Å²) in [6.07, 6.45) is 1.67. The van der Waals surface area contributed by atoms with E-state index in [-0.39, 0.29) is 17.8 Å². The van der Waals surface area contributed by atoms with Gasteiger partial charge in [-0.15, -0.1) is 0 Å². The molecule has 0 bridgehead atoms. The van der Waals surface area contributed by atoms with Crippen LogP contribution in [0.3, 0.4) is 0 Å². The van der Waals surface area contributed by atoms with E-state index in [1.807, 2.05) is 61.5 Å². The number of benzene rings is 3. The Labute approximate surface area is 217 Å². The molecule has 1 fully saturated rings. The summed E-state index contributed by atoms with van der Waals surface area (Å²) in [5.41, 5.74) is 12.5. The molecule has 5 rings (SSSR count). The van der Waals surface area contributed by atoms with Crippen molar-refractivity contribution in [1.29, 1.82) is 0 Å². The predicted octanol–water partition coefficient (Wildman–Crippen LogP) is 4.98. The van der Waals surface area contributed by atoms with Crippen LogP contribution in [0.15, 0.2) is 72.8 Å². The minimum atomic E-state index is -0.158. The second-order valence-corrected chi connectivity index (χ2v) is 9.50. The highest BCUT2D eigenvalue weighted by molar-refractivity contribution is 6.37. The van der Waals surface area contributed by atoms with Crippen molar-refractivity contribution in [2.45, 2.75) is 26.3 Å². The Hall–Kier alpha value is -4.10. The molecule has 2 aliphatic heterocycles. The third kappa shape index (κ3) is 5.52. The van der Waals surface area contributed by atoms with Crippen molar-refractivity contribution >= 4 is 40.2 Å². The molecule has 1 saturated heterocycles. The first-order chi connectivity index (χ1) is 18.0. The minimum absolute atomic E-state index is 0.0143. The number of hydrogen-bond acceptors (Lipinski definition) is 6. The standard InChI is InChI=1S/C30H32N4O3/c1-2-37-30(36)22-14-16-34(17-15-22)19-20-8-11-24(12-9-20)32-28(21-6-4-3-5-7-21)27-25-18-23(31)10-13-26(25)33-29(27)35/h3-13,18,22,32H,2,14-17,19,31H2,1H3,(H,33,35). The number of nitrogens with one attached hydrogen (secondary N) is 2. The van der Waals surface area contributed by atoms with Gasteiger partial charge in [-0.05, 0) is 74.3 Å². The number of nitrogen functional groups attached to an aromatic ring is 1. The van der Waals surface area contributed by atoms with E-state index in [0.717, 1.165) is 60.7 Å². The Kier molecular flexibility index (Phi) is 7.23. The lowest BCUT2D eigenvalue weighted by Gasteiger charge is -2.30. The summed E-state index contributed by atoms with van der Waals surface area (Å²) >= 11 is 0. The normalized spacial score (nSPS) is 17.2. The fourth-order valence-corrected chi connectivity index (χ4v) is 5.00. The molecule has 0 saturated carbocycles. The SMILES string of the molecule is CCOC(=O)C1CCN(Cc2ccc(NC(=C3C(=O)Nc4ccc(N)cc43)c3ccccc3)cc2)CC1. The summed E-state index contributed by atoms with van der Waals surface area (Å²) in [5, 5.41) is 6.46. The predicted molar refractivity (Wildman–Crippen MR) is 147 cm³/mol. The Morgan fingerprint density at radius 2 is 1.78 bits per heavy atom. The molecule has 2 aliphatic rings. The highest BCUT2D eigenvalue weighted by Gasteiger charge is 2.29. The van der Waals surface area contributed by atoms with Gasteiger partial charge in [0.25, 0.3) is 5.91 Å². The third-order valence-corrected chi connectivity index (χ3v) is 6.94. The largest absolute Gasteiger partial charge is 0.466 e. The number of piperidine rings is 1. The minimum Gasteiger partial charge on any atom is -0.466 e. The second-order valence-electron chi connectivity index (χ2n) is 9.50. The van der Waals surface area contributed by atoms with E-state index in [2.05, 4.69) is 27.7 Å². The van der Waals surface area contributed by atoms with Gasteiger partial charge in [-0.2, -0.15) is 0 Å². The van der Waals surface area contributed by atoms with Gasteiger partial charge in [0.05, 0.1) is 23.8 Å². The van der Waals surface area contributed by atoms with Gasteiger partial charge in [0.15, 0.2) is 0 Å². The van der Waals surface area contributed by atoms with Crippen LogP contribution in [0, 0.1) is 5.92 Å². The van der Waals surface area contributed by atoms with E-state index < -0.39 is 0 Å².